The SMILES string of the molecule is Cn1cnc(-c2ccccc2Br)n1. The normalized spacial score (nSPS) is 10.3. The van der Waals surface area contributed by atoms with Gasteiger partial charge in [-0.05, 0) is 12.1 Å². The van der Waals surface area contributed by atoms with Gasteiger partial charge in [-0.2, -0.15) is 5.10 Å². The predicted molar refractivity (Wildman–Crippen MR) is 54.1 cm³/mol. The van der Waals surface area contributed by atoms with Crippen LogP contribution in [0.4, 0.5) is 0 Å². The first-order chi connectivity index (χ1) is 6.27. The second-order valence-electron chi connectivity index (χ2n) is 2.72. The fourth-order valence-electron chi connectivity index (χ4n) is 1.11. The molecule has 2 aromatic rings. The third kappa shape index (κ3) is 1.62. The van der Waals surface area contributed by atoms with E-state index in [-0.39, 0.29) is 0 Å². The van der Waals surface area contributed by atoms with Gasteiger partial charge in [0.15, 0.2) is 5.82 Å². The van der Waals surface area contributed by atoms with Crippen LogP contribution in [0.5, 0.6) is 0 Å². The van der Waals surface area contributed by atoms with Crippen LogP contribution < -0.4 is 0 Å². The average Bonchev–Trinajstić information content (AvgIpc) is 2.53. The molecule has 0 fully saturated rings. The minimum absolute atomic E-state index is 0.745. The Labute approximate surface area is 84.5 Å². The Morgan fingerprint density at radius 1 is 1.31 bits per heavy atom. The molecule has 0 saturated heterocycles. The zero-order valence-electron chi connectivity index (χ0n) is 7.11. The number of hydrogen-bond acceptors (Lipinski definition) is 2. The number of rotatable bonds is 1. The fourth-order valence-corrected chi connectivity index (χ4v) is 1.57. The maximum absolute atomic E-state index is 4.22. The van der Waals surface area contributed by atoms with E-state index in [9.17, 15) is 0 Å². The Bertz CT molecular complexity index is 422. The van der Waals surface area contributed by atoms with E-state index in [4.69, 9.17) is 0 Å². The molecule has 1 aromatic heterocycles. The molecule has 0 aliphatic heterocycles. The molecule has 0 atom stereocenters. The average molecular weight is 238 g/mol. The Kier molecular flexibility index (Phi) is 2.14. The number of benzene rings is 1. The highest BCUT2D eigenvalue weighted by atomic mass is 79.9. The monoisotopic (exact) mass is 237 g/mol. The number of aryl methyl sites for hydroxylation is 1. The molecule has 1 aromatic carbocycles. The van der Waals surface area contributed by atoms with Gasteiger partial charge in [-0.15, -0.1) is 0 Å². The highest BCUT2D eigenvalue weighted by Gasteiger charge is 2.05. The van der Waals surface area contributed by atoms with Gasteiger partial charge in [-0.3, -0.25) is 4.68 Å². The number of halogens is 1. The van der Waals surface area contributed by atoms with Crippen LogP contribution in [0.1, 0.15) is 0 Å². The second-order valence-corrected chi connectivity index (χ2v) is 3.58. The third-order valence-corrected chi connectivity index (χ3v) is 2.41. The molecule has 66 valence electrons. The van der Waals surface area contributed by atoms with Crippen molar-refractivity contribution >= 4 is 15.9 Å². The van der Waals surface area contributed by atoms with Crippen LogP contribution in [0.2, 0.25) is 0 Å². The van der Waals surface area contributed by atoms with Gasteiger partial charge in [-0.25, -0.2) is 4.98 Å². The molecule has 0 radical (unpaired) electrons. The van der Waals surface area contributed by atoms with Crippen molar-refractivity contribution in [2.24, 2.45) is 7.05 Å². The van der Waals surface area contributed by atoms with Crippen molar-refractivity contribution in [2.45, 2.75) is 0 Å². The zero-order valence-corrected chi connectivity index (χ0v) is 8.69. The fraction of sp³-hybridized carbons (Fsp3) is 0.111. The Morgan fingerprint density at radius 3 is 2.69 bits per heavy atom. The largest absolute Gasteiger partial charge is 0.255 e. The number of nitrogens with zero attached hydrogens (tertiary/aromatic N) is 3. The minimum atomic E-state index is 0.745. The van der Waals surface area contributed by atoms with Crippen molar-refractivity contribution in [1.82, 2.24) is 14.8 Å². The highest BCUT2D eigenvalue weighted by Crippen LogP contribution is 2.24. The topological polar surface area (TPSA) is 30.7 Å². The smallest absolute Gasteiger partial charge is 0.182 e. The lowest BCUT2D eigenvalue weighted by atomic mass is 10.2. The van der Waals surface area contributed by atoms with Gasteiger partial charge in [0.25, 0.3) is 0 Å². The standard InChI is InChI=1S/C9H8BrN3/c1-13-6-11-9(12-13)7-4-2-3-5-8(7)10/h2-6H,1H3. The zero-order chi connectivity index (χ0) is 9.26. The summed E-state index contributed by atoms with van der Waals surface area (Å²) in [6.45, 7) is 0. The van der Waals surface area contributed by atoms with Crippen molar-refractivity contribution in [1.29, 1.82) is 0 Å². The van der Waals surface area contributed by atoms with Gasteiger partial charge in [0.05, 0.1) is 0 Å². The van der Waals surface area contributed by atoms with Crippen LogP contribution in [0.3, 0.4) is 0 Å². The van der Waals surface area contributed by atoms with E-state index in [1.807, 2.05) is 31.3 Å². The van der Waals surface area contributed by atoms with Crippen molar-refractivity contribution in [2.75, 3.05) is 0 Å². The quantitative estimate of drug-likeness (QED) is 0.762. The van der Waals surface area contributed by atoms with E-state index in [1.165, 1.54) is 0 Å². The van der Waals surface area contributed by atoms with E-state index in [2.05, 4.69) is 26.0 Å². The molecule has 0 amide bonds. The number of aromatic nitrogens is 3. The molecule has 13 heavy (non-hydrogen) atoms. The Hall–Kier alpha value is -1.16. The molecule has 0 bridgehead atoms. The molecular weight excluding hydrogens is 230 g/mol. The summed E-state index contributed by atoms with van der Waals surface area (Å²) in [5.41, 5.74) is 1.02. The highest BCUT2D eigenvalue weighted by molar-refractivity contribution is 9.10. The van der Waals surface area contributed by atoms with E-state index >= 15 is 0 Å². The summed E-state index contributed by atoms with van der Waals surface area (Å²) in [6, 6.07) is 7.90. The number of hydrogen-bond donors (Lipinski definition) is 0. The van der Waals surface area contributed by atoms with Crippen LogP contribution in [0.25, 0.3) is 11.4 Å². The van der Waals surface area contributed by atoms with Crippen molar-refractivity contribution in [3.05, 3.63) is 35.1 Å². The summed E-state index contributed by atoms with van der Waals surface area (Å²) in [5, 5.41) is 4.22. The van der Waals surface area contributed by atoms with Gasteiger partial charge < -0.3 is 0 Å². The maximum Gasteiger partial charge on any atom is 0.182 e. The maximum atomic E-state index is 4.22. The van der Waals surface area contributed by atoms with E-state index in [0.29, 0.717) is 0 Å². The predicted octanol–water partition coefficient (Wildman–Crippen LogP) is 2.24. The minimum Gasteiger partial charge on any atom is -0.255 e. The summed E-state index contributed by atoms with van der Waals surface area (Å²) in [5.74, 6) is 0.745. The third-order valence-electron chi connectivity index (χ3n) is 1.71. The van der Waals surface area contributed by atoms with Gasteiger partial charge in [-0.1, -0.05) is 28.1 Å². The van der Waals surface area contributed by atoms with Gasteiger partial charge in [0.2, 0.25) is 0 Å². The van der Waals surface area contributed by atoms with Crippen molar-refractivity contribution in [3.63, 3.8) is 0 Å². The molecule has 0 N–H and O–H groups in total. The molecular formula is C9H8BrN3. The van der Waals surface area contributed by atoms with Crippen LogP contribution in [0, 0.1) is 0 Å². The van der Waals surface area contributed by atoms with E-state index in [1.54, 1.807) is 11.0 Å². The molecule has 3 nitrogen and oxygen atoms in total. The summed E-state index contributed by atoms with van der Waals surface area (Å²) < 4.78 is 2.70. The Balaban J connectivity index is 2.52. The summed E-state index contributed by atoms with van der Waals surface area (Å²) >= 11 is 3.45. The lowest BCUT2D eigenvalue weighted by Crippen LogP contribution is -1.88. The van der Waals surface area contributed by atoms with Gasteiger partial charge >= 0.3 is 0 Å². The molecule has 0 unspecified atom stereocenters. The molecule has 0 spiro atoms. The molecule has 2 rings (SSSR count). The molecule has 0 saturated carbocycles. The van der Waals surface area contributed by atoms with Gasteiger partial charge in [0, 0.05) is 17.1 Å². The van der Waals surface area contributed by atoms with E-state index in [0.717, 1.165) is 15.9 Å². The van der Waals surface area contributed by atoms with Crippen LogP contribution in [0.15, 0.2) is 35.1 Å². The molecule has 0 aliphatic carbocycles. The van der Waals surface area contributed by atoms with Crippen LogP contribution in [-0.4, -0.2) is 14.8 Å². The molecule has 1 heterocycles. The first-order valence-electron chi connectivity index (χ1n) is 3.88. The Morgan fingerprint density at radius 2 is 2.08 bits per heavy atom. The van der Waals surface area contributed by atoms with Gasteiger partial charge in [0.1, 0.15) is 6.33 Å². The van der Waals surface area contributed by atoms with E-state index < -0.39 is 0 Å². The lowest BCUT2D eigenvalue weighted by molar-refractivity contribution is 0.768. The second kappa shape index (κ2) is 3.30. The molecule has 0 aliphatic rings. The summed E-state index contributed by atoms with van der Waals surface area (Å²) in [4.78, 5) is 4.17. The first-order valence-corrected chi connectivity index (χ1v) is 4.67. The summed E-state index contributed by atoms with van der Waals surface area (Å²) in [6.07, 6.45) is 1.69. The van der Waals surface area contributed by atoms with Crippen molar-refractivity contribution < 1.29 is 0 Å². The first kappa shape index (κ1) is 8.44. The van der Waals surface area contributed by atoms with Crippen LogP contribution >= 0.6 is 15.9 Å². The lowest BCUT2D eigenvalue weighted by Gasteiger charge is -1.97. The summed E-state index contributed by atoms with van der Waals surface area (Å²) in [7, 11) is 1.85. The van der Waals surface area contributed by atoms with Crippen molar-refractivity contribution in [3.8, 4) is 11.4 Å². The van der Waals surface area contributed by atoms with Crippen LogP contribution in [-0.2, 0) is 7.05 Å². The molecule has 4 heteroatoms.